The number of aliphatic carboxylic acids is 1. The van der Waals surface area contributed by atoms with Crippen molar-refractivity contribution in [3.05, 3.63) is 40.5 Å². The number of carbonyl (C=O) groups is 2. The number of benzene rings is 1. The van der Waals surface area contributed by atoms with Crippen molar-refractivity contribution in [1.29, 1.82) is 0 Å². The van der Waals surface area contributed by atoms with Gasteiger partial charge in [0.1, 0.15) is 23.0 Å². The van der Waals surface area contributed by atoms with Crippen molar-refractivity contribution in [3.8, 4) is 11.1 Å². The molecule has 0 spiro atoms. The van der Waals surface area contributed by atoms with Gasteiger partial charge in [0.25, 0.3) is 0 Å². The van der Waals surface area contributed by atoms with Crippen molar-refractivity contribution in [2.75, 3.05) is 5.32 Å². The first kappa shape index (κ1) is 18.8. The Kier molecular flexibility index (Phi) is 5.09. The Hall–Kier alpha value is -3.00. The second-order valence-electron chi connectivity index (χ2n) is 6.44. The molecule has 2 heterocycles. The van der Waals surface area contributed by atoms with Gasteiger partial charge in [0.15, 0.2) is 0 Å². The Morgan fingerprint density at radius 2 is 1.96 bits per heavy atom. The van der Waals surface area contributed by atoms with E-state index in [0.29, 0.717) is 5.82 Å². The highest BCUT2D eigenvalue weighted by Crippen LogP contribution is 2.40. The van der Waals surface area contributed by atoms with Crippen LogP contribution in [0.3, 0.4) is 0 Å². The van der Waals surface area contributed by atoms with Crippen molar-refractivity contribution < 1.29 is 14.7 Å². The summed E-state index contributed by atoms with van der Waals surface area (Å²) in [6.45, 7) is 6.10. The average Bonchev–Trinajstić information content (AvgIpc) is 2.93. The summed E-state index contributed by atoms with van der Waals surface area (Å²) in [5, 5.41) is 13.0. The van der Waals surface area contributed by atoms with Crippen LogP contribution in [0.5, 0.6) is 0 Å². The Morgan fingerprint density at radius 1 is 1.22 bits per heavy atom. The Morgan fingerprint density at radius 3 is 2.59 bits per heavy atom. The molecule has 8 heteroatoms. The first-order chi connectivity index (χ1) is 12.8. The number of carbonyl (C=O) groups excluding carboxylic acids is 1. The molecule has 3 rings (SSSR count). The van der Waals surface area contributed by atoms with Crippen LogP contribution in [-0.4, -0.2) is 33.0 Å². The SMILES string of the molecule is Cc1ccc(-c2c(C)sc3ncnc(NC(CC(N)=O)C(=O)O)c23)cc1C. The van der Waals surface area contributed by atoms with E-state index < -0.39 is 17.9 Å². The van der Waals surface area contributed by atoms with Crippen LogP contribution in [0.4, 0.5) is 5.82 Å². The monoisotopic (exact) mass is 384 g/mol. The van der Waals surface area contributed by atoms with Crippen molar-refractivity contribution in [2.24, 2.45) is 5.73 Å². The van der Waals surface area contributed by atoms with E-state index in [1.807, 2.05) is 19.9 Å². The lowest BCUT2D eigenvalue weighted by molar-refractivity contribution is -0.139. The average molecular weight is 384 g/mol. The van der Waals surface area contributed by atoms with E-state index in [9.17, 15) is 14.7 Å². The van der Waals surface area contributed by atoms with E-state index in [4.69, 9.17) is 5.73 Å². The van der Waals surface area contributed by atoms with Crippen molar-refractivity contribution in [3.63, 3.8) is 0 Å². The van der Waals surface area contributed by atoms with Gasteiger partial charge in [-0.25, -0.2) is 14.8 Å². The maximum Gasteiger partial charge on any atom is 0.326 e. The number of aromatic nitrogens is 2. The van der Waals surface area contributed by atoms with Gasteiger partial charge in [-0.1, -0.05) is 18.2 Å². The lowest BCUT2D eigenvalue weighted by Crippen LogP contribution is -2.34. The smallest absolute Gasteiger partial charge is 0.326 e. The molecule has 4 N–H and O–H groups in total. The maximum atomic E-state index is 11.5. The Bertz CT molecular complexity index is 1040. The zero-order chi connectivity index (χ0) is 19.7. The molecule has 140 valence electrons. The van der Waals surface area contributed by atoms with Gasteiger partial charge >= 0.3 is 5.97 Å². The molecule has 1 atom stereocenters. The number of carboxylic acid groups (broad SMARTS) is 1. The molecule has 3 aromatic rings. The number of carboxylic acids is 1. The molecular weight excluding hydrogens is 364 g/mol. The molecule has 0 aliphatic rings. The number of aryl methyl sites for hydroxylation is 3. The highest BCUT2D eigenvalue weighted by molar-refractivity contribution is 7.19. The van der Waals surface area contributed by atoms with Crippen LogP contribution in [0.2, 0.25) is 0 Å². The number of anilines is 1. The van der Waals surface area contributed by atoms with Crippen molar-refractivity contribution in [2.45, 2.75) is 33.2 Å². The number of hydrogen-bond donors (Lipinski definition) is 3. The summed E-state index contributed by atoms with van der Waals surface area (Å²) in [5.41, 5.74) is 9.51. The number of nitrogens with zero attached hydrogens (tertiary/aromatic N) is 2. The van der Waals surface area contributed by atoms with E-state index in [1.54, 1.807) is 0 Å². The quantitative estimate of drug-likeness (QED) is 0.601. The minimum atomic E-state index is -1.17. The third-order valence-corrected chi connectivity index (χ3v) is 5.49. The van der Waals surface area contributed by atoms with E-state index in [0.717, 1.165) is 31.8 Å². The minimum absolute atomic E-state index is 0.330. The molecule has 0 saturated heterocycles. The van der Waals surface area contributed by atoms with E-state index in [1.165, 1.54) is 23.2 Å². The van der Waals surface area contributed by atoms with Gasteiger partial charge < -0.3 is 16.2 Å². The summed E-state index contributed by atoms with van der Waals surface area (Å²) in [6, 6.07) is 5.02. The molecule has 27 heavy (non-hydrogen) atoms. The molecule has 7 nitrogen and oxygen atoms in total. The van der Waals surface area contributed by atoms with Crippen LogP contribution in [0.25, 0.3) is 21.3 Å². The second kappa shape index (κ2) is 7.32. The van der Waals surface area contributed by atoms with Crippen LogP contribution in [0.15, 0.2) is 24.5 Å². The predicted molar refractivity (Wildman–Crippen MR) is 106 cm³/mol. The second-order valence-corrected chi connectivity index (χ2v) is 7.64. The predicted octanol–water partition coefficient (Wildman–Crippen LogP) is 3.02. The molecule has 0 saturated carbocycles. The molecule has 1 amide bonds. The zero-order valence-electron chi connectivity index (χ0n) is 15.2. The molecule has 1 aromatic carbocycles. The van der Waals surface area contributed by atoms with Gasteiger partial charge in [0.05, 0.1) is 11.8 Å². The van der Waals surface area contributed by atoms with Crippen molar-refractivity contribution >= 4 is 39.2 Å². The number of nitrogens with two attached hydrogens (primary N) is 1. The summed E-state index contributed by atoms with van der Waals surface area (Å²) in [4.78, 5) is 33.1. The molecular formula is C19H20N4O3S. The number of fused-ring (bicyclic) bond motifs is 1. The molecule has 0 aliphatic heterocycles. The number of hydrogen-bond acceptors (Lipinski definition) is 6. The van der Waals surface area contributed by atoms with Crippen LogP contribution in [-0.2, 0) is 9.59 Å². The number of rotatable bonds is 6. The summed E-state index contributed by atoms with van der Waals surface area (Å²) < 4.78 is 0. The van der Waals surface area contributed by atoms with Crippen LogP contribution in [0.1, 0.15) is 22.4 Å². The topological polar surface area (TPSA) is 118 Å². The van der Waals surface area contributed by atoms with Crippen LogP contribution < -0.4 is 11.1 Å². The number of thiophene rings is 1. The highest BCUT2D eigenvalue weighted by Gasteiger charge is 2.24. The zero-order valence-corrected chi connectivity index (χ0v) is 16.1. The van der Waals surface area contributed by atoms with Crippen LogP contribution >= 0.6 is 11.3 Å². The first-order valence-electron chi connectivity index (χ1n) is 8.37. The van der Waals surface area contributed by atoms with E-state index >= 15 is 0 Å². The van der Waals surface area contributed by atoms with Gasteiger partial charge in [-0.2, -0.15) is 0 Å². The normalized spacial score (nSPS) is 12.1. The lowest BCUT2D eigenvalue weighted by Gasteiger charge is -2.15. The first-order valence-corrected chi connectivity index (χ1v) is 9.19. The summed E-state index contributed by atoms with van der Waals surface area (Å²) in [5.74, 6) is -1.48. The molecule has 0 aliphatic carbocycles. The fourth-order valence-corrected chi connectivity index (χ4v) is 3.98. The summed E-state index contributed by atoms with van der Waals surface area (Å²) in [7, 11) is 0. The minimum Gasteiger partial charge on any atom is -0.480 e. The molecule has 0 fully saturated rings. The Labute approximate surface area is 160 Å². The highest BCUT2D eigenvalue weighted by atomic mass is 32.1. The number of nitrogens with one attached hydrogen (secondary N) is 1. The number of primary amides is 1. The third-order valence-electron chi connectivity index (χ3n) is 4.47. The van der Waals surface area contributed by atoms with Gasteiger partial charge in [-0.3, -0.25) is 4.79 Å². The van der Waals surface area contributed by atoms with Gasteiger partial charge in [-0.15, -0.1) is 11.3 Å². The van der Waals surface area contributed by atoms with E-state index in [-0.39, 0.29) is 6.42 Å². The van der Waals surface area contributed by atoms with Gasteiger partial charge in [-0.05, 0) is 37.5 Å². The summed E-state index contributed by atoms with van der Waals surface area (Å²) >= 11 is 1.52. The van der Waals surface area contributed by atoms with E-state index in [2.05, 4.69) is 34.3 Å². The summed E-state index contributed by atoms with van der Waals surface area (Å²) in [6.07, 6.45) is 1.05. The molecule has 0 bridgehead atoms. The maximum absolute atomic E-state index is 11.5. The number of amides is 1. The standard InChI is InChI=1S/C19H20N4O3S/c1-9-4-5-12(6-10(9)2)15-11(3)27-18-16(15)17(21-8-22-18)23-13(19(25)26)7-14(20)24/h4-6,8,13H,7H2,1-3H3,(H2,20,24)(H,25,26)(H,21,22,23). The van der Waals surface area contributed by atoms with Gasteiger partial charge in [0.2, 0.25) is 5.91 Å². The fourth-order valence-electron chi connectivity index (χ4n) is 2.96. The molecule has 1 unspecified atom stereocenters. The lowest BCUT2D eigenvalue weighted by atomic mass is 9.99. The van der Waals surface area contributed by atoms with Gasteiger partial charge in [0, 0.05) is 10.4 Å². The Balaban J connectivity index is 2.16. The molecule has 2 aromatic heterocycles. The molecule has 0 radical (unpaired) electrons. The fraction of sp³-hybridized carbons (Fsp3) is 0.263. The largest absolute Gasteiger partial charge is 0.480 e. The van der Waals surface area contributed by atoms with Crippen molar-refractivity contribution in [1.82, 2.24) is 9.97 Å². The third kappa shape index (κ3) is 3.75. The van der Waals surface area contributed by atoms with Crippen LogP contribution in [0, 0.1) is 20.8 Å².